The highest BCUT2D eigenvalue weighted by molar-refractivity contribution is 5.84. The number of hydrogen-bond acceptors (Lipinski definition) is 2. The lowest BCUT2D eigenvalue weighted by Crippen LogP contribution is -2.60. The van der Waals surface area contributed by atoms with Crippen LogP contribution in [0.2, 0.25) is 0 Å². The summed E-state index contributed by atoms with van der Waals surface area (Å²) in [4.78, 5) is 10.6. The van der Waals surface area contributed by atoms with Gasteiger partial charge in [-0.25, -0.2) is 8.78 Å². The summed E-state index contributed by atoms with van der Waals surface area (Å²) in [6, 6.07) is 0. The van der Waals surface area contributed by atoms with Crippen molar-refractivity contribution in [2.75, 3.05) is 0 Å². The molecular weight excluding hydrogens is 270 g/mol. The summed E-state index contributed by atoms with van der Waals surface area (Å²) < 4.78 is 100. The van der Waals surface area contributed by atoms with Gasteiger partial charge in [0.1, 0.15) is 0 Å². The molecule has 0 spiro atoms. The maximum atomic E-state index is 12.2. The Hall–Kier alpha value is -1.13. The van der Waals surface area contributed by atoms with Crippen molar-refractivity contribution in [3.05, 3.63) is 0 Å². The molecule has 0 aromatic carbocycles. The number of carbonyl (C=O) groups excluding carboxylic acids is 1. The van der Waals surface area contributed by atoms with Gasteiger partial charge in [-0.1, -0.05) is 0 Å². The second kappa shape index (κ2) is 3.68. The van der Waals surface area contributed by atoms with E-state index in [0.29, 0.717) is 5.32 Å². The Bertz CT molecular complexity index is 323. The molecule has 11 heteroatoms. The monoisotopic (exact) mass is 273 g/mol. The minimum atomic E-state index is -5.88. The van der Waals surface area contributed by atoms with E-state index in [1.54, 1.807) is 0 Å². The number of halogens is 8. The molecule has 100 valence electrons. The lowest BCUT2D eigenvalue weighted by Gasteiger charge is -2.29. The summed E-state index contributed by atoms with van der Waals surface area (Å²) in [7, 11) is 0. The van der Waals surface area contributed by atoms with E-state index in [1.807, 2.05) is 0 Å². The molecule has 1 fully saturated rings. The smallest absolute Gasteiger partial charge is 0.320 e. The molecule has 2 atom stereocenters. The predicted octanol–water partition coefficient (Wildman–Crippen LogP) is 1.59. The Kier molecular flexibility index (Phi) is 3.02. The van der Waals surface area contributed by atoms with Crippen LogP contribution in [0.4, 0.5) is 35.1 Å². The zero-order chi connectivity index (χ0) is 13.6. The van der Waals surface area contributed by atoms with Crippen molar-refractivity contribution in [1.29, 1.82) is 0 Å². The first kappa shape index (κ1) is 13.9. The largest absolute Gasteiger partial charge is 0.442 e. The molecular formula is C6H3F8NO2. The van der Waals surface area contributed by atoms with Gasteiger partial charge in [-0.3, -0.25) is 4.79 Å². The first-order valence-corrected chi connectivity index (χ1v) is 3.83. The first-order valence-electron chi connectivity index (χ1n) is 3.83. The Morgan fingerprint density at radius 2 is 1.65 bits per heavy atom. The molecule has 0 bridgehead atoms. The van der Waals surface area contributed by atoms with E-state index in [9.17, 15) is 39.9 Å². The van der Waals surface area contributed by atoms with Crippen molar-refractivity contribution in [3.8, 4) is 0 Å². The summed E-state index contributed by atoms with van der Waals surface area (Å²) in [6.07, 6.45) is -19.3. The summed E-state index contributed by atoms with van der Waals surface area (Å²) in [5, 5.41) is 0.507. The highest BCUT2D eigenvalue weighted by Crippen LogP contribution is 2.43. The highest BCUT2D eigenvalue weighted by Gasteiger charge is 2.72. The number of rotatable bonds is 1. The number of nitrogens with one attached hydrogen (secondary N) is 1. The van der Waals surface area contributed by atoms with E-state index in [2.05, 4.69) is 4.74 Å². The maximum Gasteiger partial charge on any atom is 0.442 e. The van der Waals surface area contributed by atoms with Crippen LogP contribution in [0.1, 0.15) is 0 Å². The van der Waals surface area contributed by atoms with Gasteiger partial charge >= 0.3 is 18.1 Å². The molecule has 0 saturated carbocycles. The lowest BCUT2D eigenvalue weighted by atomic mass is 10.2. The van der Waals surface area contributed by atoms with Crippen LogP contribution in [-0.4, -0.2) is 36.5 Å². The number of ether oxygens (including phenoxy) is 1. The SMILES string of the molecule is O=C1NC(C(F)F)(C(F)(F)F)OC1C(F)(F)F. The van der Waals surface area contributed by atoms with Crippen molar-refractivity contribution in [1.82, 2.24) is 5.32 Å². The van der Waals surface area contributed by atoms with Gasteiger partial charge in [-0.05, 0) is 0 Å². The zero-order valence-electron chi connectivity index (χ0n) is 7.49. The third-order valence-electron chi connectivity index (χ3n) is 1.88. The minimum Gasteiger partial charge on any atom is -0.320 e. The first-order chi connectivity index (χ1) is 7.42. The Balaban J connectivity index is 3.13. The highest BCUT2D eigenvalue weighted by atomic mass is 19.4. The molecule has 1 rings (SSSR count). The Morgan fingerprint density at radius 1 is 1.18 bits per heavy atom. The normalized spacial score (nSPS) is 30.9. The molecule has 0 aromatic rings. The van der Waals surface area contributed by atoms with E-state index in [-0.39, 0.29) is 0 Å². The second-order valence-corrected chi connectivity index (χ2v) is 3.06. The van der Waals surface area contributed by atoms with Crippen LogP contribution in [0, 0.1) is 0 Å². The average molecular weight is 273 g/mol. The van der Waals surface area contributed by atoms with Gasteiger partial charge in [0.25, 0.3) is 12.3 Å². The van der Waals surface area contributed by atoms with Gasteiger partial charge in [-0.2, -0.15) is 26.3 Å². The summed E-state index contributed by atoms with van der Waals surface area (Å²) in [6.45, 7) is 0. The van der Waals surface area contributed by atoms with Gasteiger partial charge in [0.05, 0.1) is 0 Å². The van der Waals surface area contributed by atoms with Crippen LogP contribution in [0.25, 0.3) is 0 Å². The van der Waals surface area contributed by atoms with Crippen LogP contribution >= 0.6 is 0 Å². The number of alkyl halides is 8. The van der Waals surface area contributed by atoms with Crippen molar-refractivity contribution in [2.45, 2.75) is 30.6 Å². The summed E-state index contributed by atoms with van der Waals surface area (Å²) in [5.74, 6) is -2.31. The minimum absolute atomic E-state index is 0.507. The van der Waals surface area contributed by atoms with Crippen LogP contribution in [0.3, 0.4) is 0 Å². The Morgan fingerprint density at radius 3 is 1.82 bits per heavy atom. The quantitative estimate of drug-likeness (QED) is 0.737. The van der Waals surface area contributed by atoms with Crippen molar-refractivity contribution in [2.24, 2.45) is 0 Å². The van der Waals surface area contributed by atoms with Gasteiger partial charge in [0.15, 0.2) is 0 Å². The molecule has 1 heterocycles. The van der Waals surface area contributed by atoms with E-state index in [0.717, 1.165) is 0 Å². The maximum absolute atomic E-state index is 12.2. The fourth-order valence-electron chi connectivity index (χ4n) is 1.10. The molecule has 0 aromatic heterocycles. The molecule has 1 aliphatic rings. The predicted molar refractivity (Wildman–Crippen MR) is 33.9 cm³/mol. The lowest BCUT2D eigenvalue weighted by molar-refractivity contribution is -0.336. The van der Waals surface area contributed by atoms with Gasteiger partial charge in [0.2, 0.25) is 6.10 Å². The van der Waals surface area contributed by atoms with E-state index < -0.39 is 36.5 Å². The summed E-state index contributed by atoms with van der Waals surface area (Å²) >= 11 is 0. The molecule has 1 N–H and O–H groups in total. The molecule has 0 radical (unpaired) electrons. The average Bonchev–Trinajstić information content (AvgIpc) is 2.41. The fraction of sp³-hybridized carbons (Fsp3) is 0.833. The van der Waals surface area contributed by atoms with Gasteiger partial charge < -0.3 is 10.1 Å². The molecule has 17 heavy (non-hydrogen) atoms. The number of hydrogen-bond donors (Lipinski definition) is 1. The van der Waals surface area contributed by atoms with Gasteiger partial charge in [0, 0.05) is 0 Å². The number of amides is 1. The van der Waals surface area contributed by atoms with Crippen LogP contribution < -0.4 is 5.32 Å². The van der Waals surface area contributed by atoms with Crippen molar-refractivity contribution >= 4 is 5.91 Å². The fourth-order valence-corrected chi connectivity index (χ4v) is 1.10. The third-order valence-corrected chi connectivity index (χ3v) is 1.88. The summed E-state index contributed by atoms with van der Waals surface area (Å²) in [5.41, 5.74) is -4.62. The van der Waals surface area contributed by atoms with Crippen LogP contribution in [-0.2, 0) is 9.53 Å². The zero-order valence-corrected chi connectivity index (χ0v) is 7.49. The van der Waals surface area contributed by atoms with E-state index >= 15 is 0 Å². The molecule has 0 aliphatic carbocycles. The van der Waals surface area contributed by atoms with Crippen molar-refractivity contribution < 1.29 is 44.7 Å². The van der Waals surface area contributed by atoms with E-state index in [1.165, 1.54) is 0 Å². The molecule has 1 amide bonds. The van der Waals surface area contributed by atoms with E-state index in [4.69, 9.17) is 0 Å². The third kappa shape index (κ3) is 2.15. The van der Waals surface area contributed by atoms with Gasteiger partial charge in [-0.15, -0.1) is 0 Å². The molecule has 1 aliphatic heterocycles. The second-order valence-electron chi connectivity index (χ2n) is 3.06. The van der Waals surface area contributed by atoms with Crippen LogP contribution in [0.5, 0.6) is 0 Å². The van der Waals surface area contributed by atoms with Crippen molar-refractivity contribution in [3.63, 3.8) is 0 Å². The van der Waals surface area contributed by atoms with Crippen LogP contribution in [0.15, 0.2) is 0 Å². The number of carbonyl (C=O) groups is 1. The molecule has 2 unspecified atom stereocenters. The Labute approximate surface area is 87.7 Å². The topological polar surface area (TPSA) is 38.3 Å². The molecule has 1 saturated heterocycles. The standard InChI is InChI=1S/C6H3F8NO2/c7-3(8)4(6(12,13)14)15-2(16)1(17-4)5(9,10)11/h1,3H,(H,15,16). The molecule has 3 nitrogen and oxygen atoms in total.